The molecule has 0 saturated heterocycles. The van der Waals surface area contributed by atoms with Crippen LogP contribution < -0.4 is 0 Å². The zero-order chi connectivity index (χ0) is 17.7. The summed E-state index contributed by atoms with van der Waals surface area (Å²) in [6, 6.07) is 0. The third-order valence-electron chi connectivity index (χ3n) is 2.61. The van der Waals surface area contributed by atoms with Gasteiger partial charge in [0, 0.05) is 0 Å². The van der Waals surface area contributed by atoms with Crippen LogP contribution in [-0.2, 0) is 28.6 Å². The van der Waals surface area contributed by atoms with Crippen molar-refractivity contribution in [1.29, 1.82) is 0 Å². The van der Waals surface area contributed by atoms with Crippen molar-refractivity contribution in [2.45, 2.75) is 0 Å². The summed E-state index contributed by atoms with van der Waals surface area (Å²) in [6.45, 7) is -0.0900. The van der Waals surface area contributed by atoms with Gasteiger partial charge in [0.2, 0.25) is 0 Å². The fourth-order valence-corrected chi connectivity index (χ4v) is 2.09. The van der Waals surface area contributed by atoms with Gasteiger partial charge in [-0.1, -0.05) is 67.8 Å². The second-order valence-electron chi connectivity index (χ2n) is 4.29. The number of carbonyl (C=O) groups is 3. The van der Waals surface area contributed by atoms with Gasteiger partial charge in [0.25, 0.3) is 0 Å². The summed E-state index contributed by atoms with van der Waals surface area (Å²) in [4.78, 5) is 33.3. The lowest BCUT2D eigenvalue weighted by Crippen LogP contribution is -2.49. The van der Waals surface area contributed by atoms with Crippen LogP contribution >= 0.6 is 67.8 Å². The number of hydrogen-bond acceptors (Lipinski definition) is 7. The molecule has 0 aliphatic rings. The van der Waals surface area contributed by atoms with Crippen molar-refractivity contribution in [2.75, 3.05) is 52.7 Å². The van der Waals surface area contributed by atoms with Gasteiger partial charge >= 0.3 is 17.9 Å². The van der Waals surface area contributed by atoms with Crippen LogP contribution in [0.15, 0.2) is 0 Å². The van der Waals surface area contributed by atoms with Crippen LogP contribution in [0.2, 0.25) is 0 Å². The summed E-state index contributed by atoms with van der Waals surface area (Å²) in [5.74, 6) is -1.19. The smallest absolute Gasteiger partial charge is 0.315 e. The summed E-state index contributed by atoms with van der Waals surface area (Å²) in [5.41, 5.74) is 0. The van der Waals surface area contributed by atoms with E-state index in [-0.39, 0.29) is 52.7 Å². The van der Waals surface area contributed by atoms with Gasteiger partial charge in [-0.2, -0.15) is 0 Å². The third kappa shape index (κ3) is 12.5. The molecular weight excluding hydrogens is 651 g/mol. The molecule has 8 nitrogen and oxygen atoms in total. The first-order valence-electron chi connectivity index (χ1n) is 6.58. The maximum atomic E-state index is 12.7. The van der Waals surface area contributed by atoms with Gasteiger partial charge in [-0.25, -0.2) is 0 Å². The van der Waals surface area contributed by atoms with E-state index in [1.165, 1.54) is 0 Å². The molecule has 0 radical (unpaired) electrons. The molecule has 11 heteroatoms. The Morgan fingerprint density at radius 1 is 0.696 bits per heavy atom. The monoisotopic (exact) mass is 669 g/mol. The third-order valence-corrected chi connectivity index (χ3v) is 4.48. The Kier molecular flexibility index (Phi) is 14.1. The molecular formula is C12H18I3NO7. The highest BCUT2D eigenvalue weighted by atomic mass is 127. The molecule has 23 heavy (non-hydrogen) atoms. The molecule has 0 unspecified atom stereocenters. The van der Waals surface area contributed by atoms with Crippen LogP contribution in [-0.4, -0.2) is 75.3 Å². The van der Waals surface area contributed by atoms with Crippen LogP contribution in [0.3, 0.4) is 0 Å². The molecule has 0 atom stereocenters. The molecule has 0 N–H and O–H groups in total. The van der Waals surface area contributed by atoms with Crippen molar-refractivity contribution in [2.24, 2.45) is 0 Å². The Hall–Kier alpha value is 0.520. The Labute approximate surface area is 175 Å². The van der Waals surface area contributed by atoms with Crippen molar-refractivity contribution >= 4 is 85.7 Å². The van der Waals surface area contributed by atoms with E-state index in [1.54, 1.807) is 0 Å². The lowest BCUT2D eigenvalue weighted by atomic mass is 10.4. The maximum absolute atomic E-state index is 12.7. The minimum atomic E-state index is -0.766. The number of ether oxygens (including phenoxy) is 3. The second kappa shape index (κ2) is 13.8. The fourth-order valence-electron chi connectivity index (χ4n) is 1.43. The predicted molar refractivity (Wildman–Crippen MR) is 108 cm³/mol. The summed E-state index contributed by atoms with van der Waals surface area (Å²) >= 11 is 5.60. The van der Waals surface area contributed by atoms with E-state index in [2.05, 4.69) is 0 Å². The average Bonchev–Trinajstić information content (AvgIpc) is 2.54. The van der Waals surface area contributed by atoms with Crippen molar-refractivity contribution in [3.63, 3.8) is 0 Å². The Balaban J connectivity index is 4.39. The zero-order valence-corrected chi connectivity index (χ0v) is 18.8. The van der Waals surface area contributed by atoms with E-state index in [0.717, 1.165) is 0 Å². The first kappa shape index (κ1) is 23.5. The lowest BCUT2D eigenvalue weighted by Gasteiger charge is -2.42. The highest BCUT2D eigenvalue weighted by Crippen LogP contribution is 2.06. The molecule has 0 aromatic carbocycles. The van der Waals surface area contributed by atoms with Crippen LogP contribution in [0.1, 0.15) is 0 Å². The Bertz CT molecular complexity index is 340. The molecule has 0 fully saturated rings. The van der Waals surface area contributed by atoms with Crippen molar-refractivity contribution < 1.29 is 33.2 Å². The normalized spacial score (nSPS) is 11.0. The molecule has 0 aromatic heterocycles. The minimum Gasteiger partial charge on any atom is -0.633 e. The molecule has 0 rings (SSSR count). The van der Waals surface area contributed by atoms with Crippen LogP contribution in [0.4, 0.5) is 0 Å². The zero-order valence-electron chi connectivity index (χ0n) is 12.3. The summed E-state index contributed by atoms with van der Waals surface area (Å²) in [7, 11) is 0. The van der Waals surface area contributed by atoms with Gasteiger partial charge in [0.15, 0.2) is 0 Å². The Morgan fingerprint density at radius 3 is 1.17 bits per heavy atom. The number of halogens is 3. The average molecular weight is 669 g/mol. The quantitative estimate of drug-likeness (QED) is 0.0771. The van der Waals surface area contributed by atoms with Crippen molar-refractivity contribution in [3.8, 4) is 0 Å². The Morgan fingerprint density at radius 2 is 0.957 bits per heavy atom. The maximum Gasteiger partial charge on any atom is 0.315 e. The van der Waals surface area contributed by atoms with Gasteiger partial charge in [-0.05, 0) is 0 Å². The van der Waals surface area contributed by atoms with E-state index in [4.69, 9.17) is 14.2 Å². The highest BCUT2D eigenvalue weighted by Gasteiger charge is 2.19. The van der Waals surface area contributed by atoms with E-state index in [9.17, 15) is 19.6 Å². The number of hydrogen-bond donors (Lipinski definition) is 0. The van der Waals surface area contributed by atoms with Crippen molar-refractivity contribution in [1.82, 2.24) is 0 Å². The molecule has 0 aliphatic heterocycles. The summed E-state index contributed by atoms with van der Waals surface area (Å²) < 4.78 is 14.6. The van der Waals surface area contributed by atoms with Crippen LogP contribution in [0.25, 0.3) is 0 Å². The van der Waals surface area contributed by atoms with E-state index >= 15 is 0 Å². The second-order valence-corrected chi connectivity index (χ2v) is 6.58. The lowest BCUT2D eigenvalue weighted by molar-refractivity contribution is -0.881. The number of rotatable bonds is 12. The molecule has 0 heterocycles. The van der Waals surface area contributed by atoms with Gasteiger partial charge < -0.3 is 24.1 Å². The van der Waals surface area contributed by atoms with Gasteiger partial charge in [0.05, 0.1) is 13.3 Å². The number of alkyl halides is 3. The van der Waals surface area contributed by atoms with Gasteiger partial charge in [0.1, 0.15) is 39.5 Å². The summed E-state index contributed by atoms with van der Waals surface area (Å²) in [6.07, 6.45) is 0. The largest absolute Gasteiger partial charge is 0.633 e. The number of hydroxylamine groups is 3. The van der Waals surface area contributed by atoms with Gasteiger partial charge in [-0.15, -0.1) is 0 Å². The van der Waals surface area contributed by atoms with E-state index in [0.29, 0.717) is 0 Å². The van der Waals surface area contributed by atoms with Crippen LogP contribution in [0, 0.1) is 5.21 Å². The van der Waals surface area contributed by atoms with Crippen molar-refractivity contribution in [3.05, 3.63) is 5.21 Å². The highest BCUT2D eigenvalue weighted by molar-refractivity contribution is 14.1. The predicted octanol–water partition coefficient (Wildman–Crippen LogP) is 1.24. The van der Waals surface area contributed by atoms with E-state index in [1.807, 2.05) is 67.8 Å². The number of nitrogens with zero attached hydrogens (tertiary/aromatic N) is 1. The molecule has 0 bridgehead atoms. The standard InChI is InChI=1S/C12H18I3NO7/c13-7-10(17)21-4-1-16(20,2-5-22-11(18)8-14)3-6-23-12(19)9-15/h1-9H2. The topological polar surface area (TPSA) is 102 Å². The molecule has 0 aromatic rings. The fraction of sp³-hybridized carbons (Fsp3) is 0.750. The number of esters is 3. The first-order chi connectivity index (χ1) is 10.9. The summed E-state index contributed by atoms with van der Waals surface area (Å²) in [5, 5.41) is 12.7. The number of carbonyl (C=O) groups excluding carboxylic acids is 3. The molecule has 0 aliphatic carbocycles. The number of quaternary nitrogens is 1. The molecule has 0 amide bonds. The molecule has 134 valence electrons. The molecule has 0 saturated carbocycles. The first-order valence-corrected chi connectivity index (χ1v) is 11.2. The van der Waals surface area contributed by atoms with E-state index < -0.39 is 22.6 Å². The SMILES string of the molecule is O=C(CI)OCC[N+]([O-])(CCOC(=O)CI)CCOC(=O)CI. The van der Waals surface area contributed by atoms with Gasteiger partial charge in [-0.3, -0.25) is 14.4 Å². The van der Waals surface area contributed by atoms with Crippen LogP contribution in [0.5, 0.6) is 0 Å². The molecule has 0 spiro atoms. The minimum absolute atomic E-state index is 0.00590.